The van der Waals surface area contributed by atoms with E-state index in [2.05, 4.69) is 0 Å². The monoisotopic (exact) mass is 382 g/mol. The normalized spacial score (nSPS) is 16.5. The molecule has 1 atom stereocenters. The fourth-order valence-corrected chi connectivity index (χ4v) is 3.27. The van der Waals surface area contributed by atoms with Crippen molar-refractivity contribution < 1.29 is 27.8 Å². The Morgan fingerprint density at radius 2 is 1.73 bits per heavy atom. The van der Waals surface area contributed by atoms with Crippen molar-refractivity contribution in [2.45, 2.75) is 26.1 Å². The molecule has 0 saturated carbocycles. The van der Waals surface area contributed by atoms with E-state index in [1.54, 1.807) is 12.1 Å². The second-order valence-electron chi connectivity index (χ2n) is 6.19. The van der Waals surface area contributed by atoms with Crippen LogP contribution in [0, 0.1) is 13.8 Å². The van der Waals surface area contributed by atoms with Gasteiger partial charge in [-0.05, 0) is 37.6 Å². The first-order valence-corrected chi connectivity index (χ1v) is 8.04. The minimum absolute atomic E-state index is 0.0354. The number of carboxylic acid groups (broad SMARTS) is 1. The van der Waals surface area contributed by atoms with Gasteiger partial charge in [-0.25, -0.2) is 4.79 Å². The van der Waals surface area contributed by atoms with E-state index in [9.17, 15) is 18.0 Å². The molecule has 7 heteroatoms. The van der Waals surface area contributed by atoms with Crippen LogP contribution in [0.3, 0.4) is 0 Å². The fourth-order valence-electron chi connectivity index (χ4n) is 3.04. The maximum absolute atomic E-state index is 13.3. The summed E-state index contributed by atoms with van der Waals surface area (Å²) in [6.45, 7) is 3.74. The van der Waals surface area contributed by atoms with Crippen LogP contribution >= 0.6 is 11.6 Å². The fraction of sp³-hybridized carbons (Fsp3) is 0.211. The summed E-state index contributed by atoms with van der Waals surface area (Å²) in [6, 6.07) is 8.45. The van der Waals surface area contributed by atoms with Crippen molar-refractivity contribution in [3.05, 3.63) is 57.6 Å². The molecule has 136 valence electrons. The minimum atomic E-state index is -4.86. The van der Waals surface area contributed by atoms with Crippen LogP contribution in [-0.4, -0.2) is 23.4 Å². The number of alkyl halides is 3. The summed E-state index contributed by atoms with van der Waals surface area (Å²) in [7, 11) is 0. The average Bonchev–Trinajstić information content (AvgIpc) is 2.50. The number of carboxylic acids is 1. The maximum Gasteiger partial charge on any atom is 0.430 e. The molecule has 0 aliphatic carbocycles. The summed E-state index contributed by atoms with van der Waals surface area (Å²) in [5.74, 6) is -1.72. The van der Waals surface area contributed by atoms with Crippen molar-refractivity contribution in [3.63, 3.8) is 0 Å². The first kappa shape index (κ1) is 18.3. The maximum atomic E-state index is 13.3. The molecule has 2 aromatic carbocycles. The van der Waals surface area contributed by atoms with E-state index in [1.165, 1.54) is 12.1 Å². The summed E-state index contributed by atoms with van der Waals surface area (Å²) in [5.41, 5.74) is 2.21. The Morgan fingerprint density at radius 1 is 1.12 bits per heavy atom. The number of aryl methyl sites for hydroxylation is 2. The standard InChI is InChI=1S/C19H14ClF3O3/c1-9-3-10(2)5-11(4-9)14-8-13(20)6-12-7-15(18(24)25)17(19(21,22)23)26-16(12)14/h3-8,17H,1-2H3,(H,24,25). The Bertz CT molecular complexity index is 912. The first-order chi connectivity index (χ1) is 12.1. The molecule has 0 aromatic heterocycles. The summed E-state index contributed by atoms with van der Waals surface area (Å²) >= 11 is 6.11. The van der Waals surface area contributed by atoms with E-state index >= 15 is 0 Å². The molecule has 1 N–H and O–H groups in total. The lowest BCUT2D eigenvalue weighted by Gasteiger charge is -2.29. The van der Waals surface area contributed by atoms with Gasteiger partial charge in [0, 0.05) is 16.1 Å². The molecular weight excluding hydrogens is 369 g/mol. The highest BCUT2D eigenvalue weighted by Gasteiger charge is 2.48. The number of benzene rings is 2. The molecule has 1 heterocycles. The summed E-state index contributed by atoms with van der Waals surface area (Å²) in [5, 5.41) is 9.42. The molecule has 0 spiro atoms. The van der Waals surface area contributed by atoms with Gasteiger partial charge >= 0.3 is 12.1 Å². The van der Waals surface area contributed by atoms with Crippen LogP contribution in [0.1, 0.15) is 16.7 Å². The quantitative estimate of drug-likeness (QED) is 0.754. The highest BCUT2D eigenvalue weighted by atomic mass is 35.5. The van der Waals surface area contributed by atoms with Gasteiger partial charge in [-0.15, -0.1) is 0 Å². The van der Waals surface area contributed by atoms with Gasteiger partial charge in [0.2, 0.25) is 6.10 Å². The third kappa shape index (κ3) is 3.42. The highest BCUT2D eigenvalue weighted by molar-refractivity contribution is 6.31. The number of hydrogen-bond donors (Lipinski definition) is 1. The van der Waals surface area contributed by atoms with Gasteiger partial charge in [0.15, 0.2) is 0 Å². The van der Waals surface area contributed by atoms with Crippen LogP contribution < -0.4 is 4.74 Å². The van der Waals surface area contributed by atoms with Crippen molar-refractivity contribution in [2.24, 2.45) is 0 Å². The number of aliphatic carboxylic acids is 1. The molecule has 1 aliphatic heterocycles. The average molecular weight is 383 g/mol. The highest BCUT2D eigenvalue weighted by Crippen LogP contribution is 2.44. The number of hydrogen-bond acceptors (Lipinski definition) is 2. The zero-order valence-electron chi connectivity index (χ0n) is 13.8. The Balaban J connectivity index is 2.26. The van der Waals surface area contributed by atoms with Crippen molar-refractivity contribution in [1.82, 2.24) is 0 Å². The Hall–Kier alpha value is -2.47. The lowest BCUT2D eigenvalue weighted by molar-refractivity contribution is -0.187. The largest absolute Gasteiger partial charge is 0.478 e. The minimum Gasteiger partial charge on any atom is -0.478 e. The predicted octanol–water partition coefficient (Wildman–Crippen LogP) is 5.42. The molecule has 1 unspecified atom stereocenters. The van der Waals surface area contributed by atoms with Crippen LogP contribution in [0.15, 0.2) is 35.9 Å². The van der Waals surface area contributed by atoms with Crippen molar-refractivity contribution in [3.8, 4) is 16.9 Å². The molecular formula is C19H14ClF3O3. The Morgan fingerprint density at radius 3 is 2.27 bits per heavy atom. The second-order valence-corrected chi connectivity index (χ2v) is 6.63. The molecule has 0 fully saturated rings. The van der Waals surface area contributed by atoms with Crippen LogP contribution in [0.2, 0.25) is 5.02 Å². The molecule has 2 aromatic rings. The van der Waals surface area contributed by atoms with E-state index in [4.69, 9.17) is 21.4 Å². The van der Waals surface area contributed by atoms with Gasteiger partial charge < -0.3 is 9.84 Å². The van der Waals surface area contributed by atoms with Crippen LogP contribution in [0.5, 0.6) is 5.75 Å². The van der Waals surface area contributed by atoms with E-state index in [0.717, 1.165) is 17.2 Å². The van der Waals surface area contributed by atoms with Gasteiger partial charge in [-0.3, -0.25) is 0 Å². The van der Waals surface area contributed by atoms with Crippen LogP contribution in [0.4, 0.5) is 13.2 Å². The SMILES string of the molecule is Cc1cc(C)cc(-c2cc(Cl)cc3c2OC(C(F)(F)F)C(C(=O)O)=C3)c1. The summed E-state index contributed by atoms with van der Waals surface area (Å²) in [6.07, 6.45) is -6.43. The number of ether oxygens (including phenoxy) is 1. The van der Waals surface area contributed by atoms with Gasteiger partial charge in [0.25, 0.3) is 0 Å². The molecule has 0 saturated heterocycles. The van der Waals surface area contributed by atoms with E-state index < -0.39 is 23.8 Å². The van der Waals surface area contributed by atoms with Crippen LogP contribution in [-0.2, 0) is 4.79 Å². The molecule has 0 amide bonds. The zero-order chi connectivity index (χ0) is 19.2. The van der Waals surface area contributed by atoms with E-state index in [-0.39, 0.29) is 16.3 Å². The first-order valence-electron chi connectivity index (χ1n) is 7.66. The number of rotatable bonds is 2. The lowest BCUT2D eigenvalue weighted by Crippen LogP contribution is -2.40. The van der Waals surface area contributed by atoms with Gasteiger partial charge in [0.1, 0.15) is 5.75 Å². The lowest BCUT2D eigenvalue weighted by atomic mass is 9.94. The summed E-state index contributed by atoms with van der Waals surface area (Å²) in [4.78, 5) is 11.3. The zero-order valence-corrected chi connectivity index (χ0v) is 14.6. The third-order valence-corrected chi connectivity index (χ3v) is 4.21. The van der Waals surface area contributed by atoms with E-state index in [0.29, 0.717) is 11.1 Å². The molecule has 0 radical (unpaired) electrons. The van der Waals surface area contributed by atoms with Crippen molar-refractivity contribution >= 4 is 23.6 Å². The third-order valence-electron chi connectivity index (χ3n) is 3.99. The van der Waals surface area contributed by atoms with Gasteiger partial charge in [0.05, 0.1) is 5.57 Å². The molecule has 0 bridgehead atoms. The topological polar surface area (TPSA) is 46.5 Å². The smallest absolute Gasteiger partial charge is 0.430 e. The summed E-state index contributed by atoms with van der Waals surface area (Å²) < 4.78 is 45.2. The van der Waals surface area contributed by atoms with Crippen LogP contribution in [0.25, 0.3) is 17.2 Å². The number of halogens is 4. The number of fused-ring (bicyclic) bond motifs is 1. The van der Waals surface area contributed by atoms with Gasteiger partial charge in [-0.2, -0.15) is 13.2 Å². The van der Waals surface area contributed by atoms with Crippen molar-refractivity contribution in [1.29, 1.82) is 0 Å². The van der Waals surface area contributed by atoms with E-state index in [1.807, 2.05) is 19.9 Å². The molecule has 3 nitrogen and oxygen atoms in total. The molecule has 3 rings (SSSR count). The molecule has 1 aliphatic rings. The Kier molecular flexibility index (Phi) is 4.48. The Labute approximate surface area is 152 Å². The predicted molar refractivity (Wildman–Crippen MR) is 92.4 cm³/mol. The van der Waals surface area contributed by atoms with Crippen molar-refractivity contribution in [2.75, 3.05) is 0 Å². The second kappa shape index (κ2) is 6.36. The number of carbonyl (C=O) groups is 1. The molecule has 26 heavy (non-hydrogen) atoms. The van der Waals surface area contributed by atoms with Gasteiger partial charge in [-0.1, -0.05) is 40.9 Å².